The Morgan fingerprint density at radius 3 is 2.48 bits per heavy atom. The highest BCUT2D eigenvalue weighted by Crippen LogP contribution is 2.39. The van der Waals surface area contributed by atoms with Gasteiger partial charge in [0.15, 0.2) is 11.6 Å². The van der Waals surface area contributed by atoms with Crippen LogP contribution in [0, 0.1) is 11.6 Å². The Hall–Kier alpha value is -2.40. The maximum Gasteiger partial charge on any atom is 0.177 e. The lowest BCUT2D eigenvalue weighted by molar-refractivity contribution is 0.436. The maximum atomic E-state index is 14.2. The maximum absolute atomic E-state index is 14.2. The number of benzene rings is 2. The second kappa shape index (κ2) is 5.18. The zero-order chi connectivity index (χ0) is 15.0. The summed E-state index contributed by atoms with van der Waals surface area (Å²) in [5, 5.41) is 3.63. The molecule has 1 aromatic heterocycles. The quantitative estimate of drug-likeness (QED) is 0.757. The van der Waals surface area contributed by atoms with Crippen LogP contribution in [0.3, 0.4) is 0 Å². The van der Waals surface area contributed by atoms with Crippen LogP contribution in [0.25, 0.3) is 22.5 Å². The van der Waals surface area contributed by atoms with Crippen molar-refractivity contribution in [3.8, 4) is 22.5 Å². The molecular formula is C15H9ClF2N2O. The van der Waals surface area contributed by atoms with E-state index in [9.17, 15) is 8.78 Å². The van der Waals surface area contributed by atoms with Gasteiger partial charge in [0.25, 0.3) is 0 Å². The molecule has 0 unspecified atom stereocenters. The van der Waals surface area contributed by atoms with E-state index in [4.69, 9.17) is 21.9 Å². The Bertz CT molecular complexity index is 800. The molecule has 3 rings (SSSR count). The Morgan fingerprint density at radius 2 is 1.76 bits per heavy atom. The largest absolute Gasteiger partial charge is 0.380 e. The average Bonchev–Trinajstić information content (AvgIpc) is 2.85. The third-order valence-electron chi connectivity index (χ3n) is 3.05. The number of anilines is 1. The molecule has 0 saturated heterocycles. The van der Waals surface area contributed by atoms with Gasteiger partial charge >= 0.3 is 0 Å². The van der Waals surface area contributed by atoms with Gasteiger partial charge in [0, 0.05) is 11.1 Å². The molecule has 6 heteroatoms. The highest BCUT2D eigenvalue weighted by molar-refractivity contribution is 6.31. The van der Waals surface area contributed by atoms with Crippen molar-refractivity contribution in [2.24, 2.45) is 0 Å². The van der Waals surface area contributed by atoms with Crippen LogP contribution < -0.4 is 5.73 Å². The Labute approximate surface area is 123 Å². The second-order valence-electron chi connectivity index (χ2n) is 4.38. The van der Waals surface area contributed by atoms with Crippen molar-refractivity contribution < 1.29 is 13.3 Å². The number of halogens is 3. The minimum Gasteiger partial charge on any atom is -0.380 e. The highest BCUT2D eigenvalue weighted by Gasteiger charge is 2.21. The molecule has 3 aromatic rings. The summed E-state index contributed by atoms with van der Waals surface area (Å²) >= 11 is 5.79. The minimum absolute atomic E-state index is 0.0295. The zero-order valence-electron chi connectivity index (χ0n) is 10.6. The summed E-state index contributed by atoms with van der Waals surface area (Å²) in [5.74, 6) is -0.705. The number of nitrogens with zero attached hydrogens (tertiary/aromatic N) is 1. The number of hydrogen-bond donors (Lipinski definition) is 1. The molecule has 106 valence electrons. The van der Waals surface area contributed by atoms with E-state index in [0.29, 0.717) is 11.1 Å². The third kappa shape index (κ3) is 2.36. The van der Waals surface area contributed by atoms with Crippen LogP contribution >= 0.6 is 11.6 Å². The minimum atomic E-state index is -0.613. The van der Waals surface area contributed by atoms with Crippen LogP contribution in [-0.2, 0) is 0 Å². The van der Waals surface area contributed by atoms with Crippen LogP contribution in [0.4, 0.5) is 14.6 Å². The van der Waals surface area contributed by atoms with E-state index in [0.717, 1.165) is 0 Å². The Morgan fingerprint density at radius 1 is 1.05 bits per heavy atom. The van der Waals surface area contributed by atoms with Gasteiger partial charge in [0.05, 0.1) is 10.6 Å². The third-order valence-corrected chi connectivity index (χ3v) is 3.34. The van der Waals surface area contributed by atoms with Gasteiger partial charge in [-0.1, -0.05) is 28.9 Å². The monoisotopic (exact) mass is 306 g/mol. The molecule has 1 heterocycles. The van der Waals surface area contributed by atoms with Crippen molar-refractivity contribution in [3.05, 3.63) is 59.1 Å². The van der Waals surface area contributed by atoms with Crippen molar-refractivity contribution in [2.45, 2.75) is 0 Å². The predicted octanol–water partition coefficient (Wildman–Crippen LogP) is 4.52. The number of hydrogen-bond acceptors (Lipinski definition) is 3. The molecule has 0 aliphatic rings. The van der Waals surface area contributed by atoms with Gasteiger partial charge in [0.2, 0.25) is 0 Å². The second-order valence-corrected chi connectivity index (χ2v) is 4.79. The lowest BCUT2D eigenvalue weighted by atomic mass is 10.0. The van der Waals surface area contributed by atoms with E-state index in [1.165, 1.54) is 36.4 Å². The van der Waals surface area contributed by atoms with Crippen LogP contribution in [-0.4, -0.2) is 5.16 Å². The molecule has 2 aromatic carbocycles. The summed E-state index contributed by atoms with van der Waals surface area (Å²) in [6.07, 6.45) is 0. The Kier molecular flexibility index (Phi) is 3.35. The van der Waals surface area contributed by atoms with Gasteiger partial charge in [0.1, 0.15) is 11.6 Å². The van der Waals surface area contributed by atoms with Crippen molar-refractivity contribution in [2.75, 3.05) is 5.73 Å². The summed E-state index contributed by atoms with van der Waals surface area (Å²) in [4.78, 5) is 0. The first-order valence-electron chi connectivity index (χ1n) is 6.03. The van der Waals surface area contributed by atoms with Crippen molar-refractivity contribution in [1.82, 2.24) is 5.16 Å². The summed E-state index contributed by atoms with van der Waals surface area (Å²) in [7, 11) is 0. The molecule has 0 atom stereocenters. The van der Waals surface area contributed by atoms with Gasteiger partial charge in [-0.05, 0) is 30.3 Å². The van der Waals surface area contributed by atoms with Crippen LogP contribution in [0.15, 0.2) is 47.0 Å². The molecule has 0 aliphatic heterocycles. The summed E-state index contributed by atoms with van der Waals surface area (Å²) in [6.45, 7) is 0. The van der Waals surface area contributed by atoms with Gasteiger partial charge in [-0.25, -0.2) is 8.78 Å². The predicted molar refractivity (Wildman–Crippen MR) is 76.7 cm³/mol. The fraction of sp³-hybridized carbons (Fsp3) is 0. The normalized spacial score (nSPS) is 10.8. The number of nitrogens with two attached hydrogens (primary N) is 1. The smallest absolute Gasteiger partial charge is 0.177 e. The summed E-state index contributed by atoms with van der Waals surface area (Å²) in [6, 6.07) is 10.1. The van der Waals surface area contributed by atoms with Crippen molar-refractivity contribution >= 4 is 17.4 Å². The van der Waals surface area contributed by atoms with Crippen LogP contribution in [0.5, 0.6) is 0 Å². The fourth-order valence-electron chi connectivity index (χ4n) is 2.06. The molecule has 0 fully saturated rings. The SMILES string of the molecule is Nc1noc(-c2ccc(F)cc2)c1-c1cccc(Cl)c1F. The highest BCUT2D eigenvalue weighted by atomic mass is 35.5. The molecule has 21 heavy (non-hydrogen) atoms. The number of aromatic nitrogens is 1. The lowest BCUT2D eigenvalue weighted by Gasteiger charge is -2.05. The first-order chi connectivity index (χ1) is 10.1. The van der Waals surface area contributed by atoms with E-state index in [2.05, 4.69) is 5.16 Å². The topological polar surface area (TPSA) is 52.0 Å². The molecule has 0 radical (unpaired) electrons. The van der Waals surface area contributed by atoms with E-state index in [1.54, 1.807) is 6.07 Å². The molecule has 2 N–H and O–H groups in total. The molecule has 0 saturated carbocycles. The van der Waals surface area contributed by atoms with Gasteiger partial charge in [-0.15, -0.1) is 0 Å². The molecule has 3 nitrogen and oxygen atoms in total. The fourth-order valence-corrected chi connectivity index (χ4v) is 2.23. The molecule has 0 amide bonds. The Balaban J connectivity index is 2.22. The first-order valence-corrected chi connectivity index (χ1v) is 6.41. The number of nitrogen functional groups attached to an aromatic ring is 1. The van der Waals surface area contributed by atoms with Gasteiger partial charge < -0.3 is 10.3 Å². The summed E-state index contributed by atoms with van der Waals surface area (Å²) in [5.41, 5.74) is 6.78. The zero-order valence-corrected chi connectivity index (χ0v) is 11.4. The summed E-state index contributed by atoms with van der Waals surface area (Å²) < 4.78 is 32.4. The molecule has 0 aliphatic carbocycles. The average molecular weight is 307 g/mol. The standard InChI is InChI=1S/C15H9ClF2N2O/c16-11-3-1-2-10(13(11)18)12-14(21-20-15(12)19)8-4-6-9(17)7-5-8/h1-7H,(H2,19,20). The molecule has 0 spiro atoms. The lowest BCUT2D eigenvalue weighted by Crippen LogP contribution is -1.92. The van der Waals surface area contributed by atoms with E-state index >= 15 is 0 Å². The van der Waals surface area contributed by atoms with E-state index in [1.807, 2.05) is 0 Å². The van der Waals surface area contributed by atoms with Crippen LogP contribution in [0.2, 0.25) is 5.02 Å². The van der Waals surface area contributed by atoms with Gasteiger partial charge in [-0.2, -0.15) is 0 Å². The van der Waals surface area contributed by atoms with E-state index < -0.39 is 5.82 Å². The van der Waals surface area contributed by atoms with Crippen LogP contribution in [0.1, 0.15) is 0 Å². The number of rotatable bonds is 2. The van der Waals surface area contributed by atoms with Crippen molar-refractivity contribution in [1.29, 1.82) is 0 Å². The molecular weight excluding hydrogens is 298 g/mol. The molecule has 0 bridgehead atoms. The van der Waals surface area contributed by atoms with E-state index in [-0.39, 0.29) is 28.0 Å². The van der Waals surface area contributed by atoms with Crippen molar-refractivity contribution in [3.63, 3.8) is 0 Å². The first kappa shape index (κ1) is 13.6. The van der Waals surface area contributed by atoms with Gasteiger partial charge in [-0.3, -0.25) is 0 Å².